The minimum absolute atomic E-state index is 0.235. The van der Waals surface area contributed by atoms with Crippen molar-refractivity contribution in [1.82, 2.24) is 15.5 Å². The van der Waals surface area contributed by atoms with E-state index in [2.05, 4.69) is 15.5 Å². The van der Waals surface area contributed by atoms with Gasteiger partial charge in [-0.05, 0) is 36.8 Å². The van der Waals surface area contributed by atoms with Crippen LogP contribution in [0.15, 0.2) is 48.7 Å². The van der Waals surface area contributed by atoms with E-state index in [-0.39, 0.29) is 11.9 Å². The number of halogens is 1. The maximum Gasteiger partial charge on any atom is 0.255 e. The largest absolute Gasteiger partial charge is 0.493 e. The van der Waals surface area contributed by atoms with Crippen LogP contribution in [0.2, 0.25) is 5.02 Å². The maximum atomic E-state index is 12.8. The summed E-state index contributed by atoms with van der Waals surface area (Å²) in [6.07, 6.45) is 1.51. The smallest absolute Gasteiger partial charge is 0.255 e. The molecule has 0 saturated carbocycles. The second-order valence-corrected chi connectivity index (χ2v) is 6.42. The SMILES string of the molecule is COc1ccc([C@@H](C)NC(=O)c2cn[nH]c2-c2cccc(Cl)c2)cc1OC. The number of benzene rings is 2. The lowest BCUT2D eigenvalue weighted by Crippen LogP contribution is -2.26. The Balaban J connectivity index is 1.81. The second kappa shape index (κ2) is 8.14. The Morgan fingerprint density at radius 2 is 1.93 bits per heavy atom. The standard InChI is InChI=1S/C20H20ClN3O3/c1-12(13-7-8-17(26-2)18(10-13)27-3)23-20(25)16-11-22-24-19(16)14-5-4-6-15(21)9-14/h4-12H,1-3H3,(H,22,24)(H,23,25)/t12-/m1/s1. The molecule has 1 aromatic heterocycles. The van der Waals surface area contributed by atoms with Gasteiger partial charge >= 0.3 is 0 Å². The fourth-order valence-electron chi connectivity index (χ4n) is 2.80. The van der Waals surface area contributed by atoms with Crippen molar-refractivity contribution in [3.05, 3.63) is 64.8 Å². The lowest BCUT2D eigenvalue weighted by molar-refractivity contribution is 0.0940. The third-order valence-corrected chi connectivity index (χ3v) is 4.49. The molecule has 2 aromatic carbocycles. The summed E-state index contributed by atoms with van der Waals surface area (Å²) in [6, 6.07) is 12.6. The number of nitrogens with zero attached hydrogens (tertiary/aromatic N) is 1. The van der Waals surface area contributed by atoms with E-state index in [4.69, 9.17) is 21.1 Å². The third-order valence-electron chi connectivity index (χ3n) is 4.25. The Kier molecular flexibility index (Phi) is 5.66. The van der Waals surface area contributed by atoms with Gasteiger partial charge in [-0.3, -0.25) is 9.89 Å². The van der Waals surface area contributed by atoms with Gasteiger partial charge in [0.05, 0.1) is 37.7 Å². The van der Waals surface area contributed by atoms with Crippen LogP contribution in [0.4, 0.5) is 0 Å². The van der Waals surface area contributed by atoms with Gasteiger partial charge in [0.1, 0.15) is 0 Å². The van der Waals surface area contributed by atoms with Gasteiger partial charge in [0.15, 0.2) is 11.5 Å². The first-order chi connectivity index (χ1) is 13.0. The van der Waals surface area contributed by atoms with E-state index in [9.17, 15) is 4.79 Å². The highest BCUT2D eigenvalue weighted by Gasteiger charge is 2.19. The molecule has 1 atom stereocenters. The Hall–Kier alpha value is -2.99. The number of carbonyl (C=O) groups is 1. The fourth-order valence-corrected chi connectivity index (χ4v) is 2.99. The summed E-state index contributed by atoms with van der Waals surface area (Å²) in [5.41, 5.74) is 2.76. The molecule has 0 aliphatic heterocycles. The highest BCUT2D eigenvalue weighted by molar-refractivity contribution is 6.30. The summed E-state index contributed by atoms with van der Waals surface area (Å²) in [5.74, 6) is 1.01. The van der Waals surface area contributed by atoms with Crippen LogP contribution in [-0.2, 0) is 0 Å². The van der Waals surface area contributed by atoms with E-state index < -0.39 is 0 Å². The zero-order chi connectivity index (χ0) is 19.4. The Morgan fingerprint density at radius 3 is 2.63 bits per heavy atom. The molecule has 1 heterocycles. The monoisotopic (exact) mass is 385 g/mol. The van der Waals surface area contributed by atoms with Gasteiger partial charge in [-0.1, -0.05) is 29.8 Å². The van der Waals surface area contributed by atoms with Crippen LogP contribution < -0.4 is 14.8 Å². The molecular weight excluding hydrogens is 366 g/mol. The molecule has 6 nitrogen and oxygen atoms in total. The minimum atomic E-state index is -0.237. The molecule has 0 unspecified atom stereocenters. The first-order valence-corrected chi connectivity index (χ1v) is 8.73. The van der Waals surface area contributed by atoms with Crippen molar-refractivity contribution in [3.63, 3.8) is 0 Å². The Labute approximate surface area is 162 Å². The molecular formula is C20H20ClN3O3. The molecule has 3 rings (SSSR count). The fraction of sp³-hybridized carbons (Fsp3) is 0.200. The number of ether oxygens (including phenoxy) is 2. The van der Waals surface area contributed by atoms with Crippen LogP contribution in [-0.4, -0.2) is 30.3 Å². The normalized spacial score (nSPS) is 11.7. The van der Waals surface area contributed by atoms with E-state index in [1.165, 1.54) is 6.20 Å². The summed E-state index contributed by atoms with van der Waals surface area (Å²) < 4.78 is 10.6. The summed E-state index contributed by atoms with van der Waals surface area (Å²) in [5, 5.41) is 10.5. The molecule has 27 heavy (non-hydrogen) atoms. The lowest BCUT2D eigenvalue weighted by Gasteiger charge is -2.16. The zero-order valence-corrected chi connectivity index (χ0v) is 16.0. The van der Waals surface area contributed by atoms with Gasteiger partial charge in [-0.15, -0.1) is 0 Å². The van der Waals surface area contributed by atoms with Gasteiger partial charge in [-0.2, -0.15) is 5.10 Å². The van der Waals surface area contributed by atoms with Crippen LogP contribution >= 0.6 is 11.6 Å². The number of amides is 1. The molecule has 0 spiro atoms. The topological polar surface area (TPSA) is 76.2 Å². The number of hydrogen-bond donors (Lipinski definition) is 2. The number of H-pyrrole nitrogens is 1. The quantitative estimate of drug-likeness (QED) is 0.665. The number of aromatic amines is 1. The molecule has 0 saturated heterocycles. The van der Waals surface area contributed by atoms with Crippen molar-refractivity contribution < 1.29 is 14.3 Å². The molecule has 0 radical (unpaired) electrons. The van der Waals surface area contributed by atoms with Crippen molar-refractivity contribution in [3.8, 4) is 22.8 Å². The molecule has 3 aromatic rings. The van der Waals surface area contributed by atoms with Gasteiger partial charge in [-0.25, -0.2) is 0 Å². The average Bonchev–Trinajstić information content (AvgIpc) is 3.17. The molecule has 140 valence electrons. The van der Waals surface area contributed by atoms with Crippen molar-refractivity contribution in [2.45, 2.75) is 13.0 Å². The van der Waals surface area contributed by atoms with Crippen molar-refractivity contribution in [2.24, 2.45) is 0 Å². The highest BCUT2D eigenvalue weighted by atomic mass is 35.5. The highest BCUT2D eigenvalue weighted by Crippen LogP contribution is 2.30. The van der Waals surface area contributed by atoms with Crippen LogP contribution in [0.3, 0.4) is 0 Å². The third kappa shape index (κ3) is 4.06. The van der Waals surface area contributed by atoms with Gasteiger partial charge in [0.2, 0.25) is 0 Å². The van der Waals surface area contributed by atoms with Gasteiger partial charge in [0.25, 0.3) is 5.91 Å². The van der Waals surface area contributed by atoms with Gasteiger partial charge < -0.3 is 14.8 Å². The molecule has 0 aliphatic carbocycles. The van der Waals surface area contributed by atoms with Crippen LogP contribution in [0.5, 0.6) is 11.5 Å². The van der Waals surface area contributed by atoms with E-state index in [1.807, 2.05) is 37.3 Å². The summed E-state index contributed by atoms with van der Waals surface area (Å²) >= 11 is 6.05. The van der Waals surface area contributed by atoms with Gasteiger partial charge in [0, 0.05) is 10.6 Å². The number of aromatic nitrogens is 2. The molecule has 0 fully saturated rings. The summed E-state index contributed by atoms with van der Waals surface area (Å²) in [7, 11) is 3.16. The molecule has 1 amide bonds. The first kappa shape index (κ1) is 18.8. The Morgan fingerprint density at radius 1 is 1.15 bits per heavy atom. The Bertz CT molecular complexity index is 955. The lowest BCUT2D eigenvalue weighted by atomic mass is 10.1. The molecule has 7 heteroatoms. The molecule has 2 N–H and O–H groups in total. The second-order valence-electron chi connectivity index (χ2n) is 5.98. The summed E-state index contributed by atoms with van der Waals surface area (Å²) in [4.78, 5) is 12.8. The van der Waals surface area contributed by atoms with Crippen LogP contribution in [0.1, 0.15) is 28.9 Å². The van der Waals surface area contributed by atoms with Crippen molar-refractivity contribution in [1.29, 1.82) is 0 Å². The van der Waals surface area contributed by atoms with E-state index in [0.717, 1.165) is 11.1 Å². The number of rotatable bonds is 6. The van der Waals surface area contributed by atoms with Crippen molar-refractivity contribution in [2.75, 3.05) is 14.2 Å². The van der Waals surface area contributed by atoms with Crippen LogP contribution in [0.25, 0.3) is 11.3 Å². The number of carbonyl (C=O) groups excluding carboxylic acids is 1. The first-order valence-electron chi connectivity index (χ1n) is 8.35. The summed E-state index contributed by atoms with van der Waals surface area (Å²) in [6.45, 7) is 1.90. The maximum absolute atomic E-state index is 12.8. The van der Waals surface area contributed by atoms with E-state index >= 15 is 0 Å². The van der Waals surface area contributed by atoms with E-state index in [1.54, 1.807) is 26.4 Å². The van der Waals surface area contributed by atoms with Crippen molar-refractivity contribution >= 4 is 17.5 Å². The van der Waals surface area contributed by atoms with Crippen LogP contribution in [0, 0.1) is 0 Å². The number of nitrogens with one attached hydrogen (secondary N) is 2. The predicted molar refractivity (Wildman–Crippen MR) is 104 cm³/mol. The average molecular weight is 386 g/mol. The number of hydrogen-bond acceptors (Lipinski definition) is 4. The number of methoxy groups -OCH3 is 2. The molecule has 0 bridgehead atoms. The minimum Gasteiger partial charge on any atom is -0.493 e. The zero-order valence-electron chi connectivity index (χ0n) is 15.2. The van der Waals surface area contributed by atoms with E-state index in [0.29, 0.717) is 27.8 Å². The molecule has 0 aliphatic rings. The predicted octanol–water partition coefficient (Wildman–Crippen LogP) is 4.24.